The third-order valence-electron chi connectivity index (χ3n) is 15.5. The Morgan fingerprint density at radius 2 is 0.742 bits per heavy atom. The maximum atomic E-state index is 14.7. The lowest BCUT2D eigenvalue weighted by molar-refractivity contribution is -0.181. The summed E-state index contributed by atoms with van der Waals surface area (Å²) in [7, 11) is 6.26. The molecular weight excluding hydrogens is 783 g/mol. The van der Waals surface area contributed by atoms with Crippen LogP contribution in [-0.4, -0.2) is 118 Å². The van der Waals surface area contributed by atoms with Gasteiger partial charge in [-0.05, 0) is 117 Å². The highest BCUT2D eigenvalue weighted by molar-refractivity contribution is 5.88. The standard InChI is InChI=1S/C51H93N3O8/c1-36(2)26-24-22-20-18-19-21-23-25-27-59-42(55)28-40(44(57)61-38-32-48(7,8)53(16)49(9,10)33-38)41(45(58)62-39-34-50(11,12)54(17)51(13,14)35-39)29-43(56)60-37-30-46(3,4)52(15)47(5,6)31-37/h36-41H,18-35H2,1-17H3. The first-order valence-corrected chi connectivity index (χ1v) is 24.4. The zero-order chi connectivity index (χ0) is 47.1. The molecule has 360 valence electrons. The van der Waals surface area contributed by atoms with Gasteiger partial charge in [-0.25, -0.2) is 0 Å². The molecule has 3 heterocycles. The van der Waals surface area contributed by atoms with Crippen LogP contribution in [0.3, 0.4) is 0 Å². The van der Waals surface area contributed by atoms with E-state index in [0.717, 1.165) is 31.6 Å². The number of hydrogen-bond acceptors (Lipinski definition) is 11. The van der Waals surface area contributed by atoms with Gasteiger partial charge in [0.05, 0.1) is 31.3 Å². The van der Waals surface area contributed by atoms with Crippen LogP contribution in [0.4, 0.5) is 0 Å². The van der Waals surface area contributed by atoms with E-state index in [1.165, 1.54) is 32.1 Å². The average Bonchev–Trinajstić information content (AvgIpc) is 3.11. The fraction of sp³-hybridized carbons (Fsp3) is 0.922. The van der Waals surface area contributed by atoms with E-state index in [1.807, 2.05) is 0 Å². The van der Waals surface area contributed by atoms with Gasteiger partial charge in [0.2, 0.25) is 0 Å². The number of rotatable bonds is 21. The van der Waals surface area contributed by atoms with E-state index in [4.69, 9.17) is 18.9 Å². The monoisotopic (exact) mass is 876 g/mol. The average molecular weight is 876 g/mol. The molecule has 3 aliphatic heterocycles. The van der Waals surface area contributed by atoms with E-state index >= 15 is 0 Å². The first-order chi connectivity index (χ1) is 28.4. The number of nitrogens with zero attached hydrogens (tertiary/aromatic N) is 3. The Balaban J connectivity index is 1.87. The Hall–Kier alpha value is -2.24. The summed E-state index contributed by atoms with van der Waals surface area (Å²) >= 11 is 0. The lowest BCUT2D eigenvalue weighted by Gasteiger charge is -2.53. The number of carbonyl (C=O) groups is 4. The zero-order valence-electron chi connectivity index (χ0n) is 42.8. The molecule has 0 aromatic rings. The molecule has 0 spiro atoms. The topological polar surface area (TPSA) is 115 Å². The van der Waals surface area contributed by atoms with Crippen molar-refractivity contribution in [3.05, 3.63) is 0 Å². The van der Waals surface area contributed by atoms with Crippen LogP contribution in [0.15, 0.2) is 0 Å². The minimum atomic E-state index is -1.31. The van der Waals surface area contributed by atoms with Crippen LogP contribution in [0.5, 0.6) is 0 Å². The van der Waals surface area contributed by atoms with Crippen LogP contribution in [0.25, 0.3) is 0 Å². The lowest BCUT2D eigenvalue weighted by atomic mass is 9.78. The van der Waals surface area contributed by atoms with Crippen LogP contribution < -0.4 is 0 Å². The van der Waals surface area contributed by atoms with Crippen molar-refractivity contribution < 1.29 is 38.1 Å². The number of ether oxygens (including phenoxy) is 4. The first-order valence-electron chi connectivity index (χ1n) is 24.4. The summed E-state index contributed by atoms with van der Waals surface area (Å²) in [4.78, 5) is 64.2. The molecule has 2 unspecified atom stereocenters. The number of likely N-dealkylation sites (tertiary alicyclic amines) is 3. The molecule has 3 rings (SSSR count). The van der Waals surface area contributed by atoms with Gasteiger partial charge in [0, 0.05) is 71.8 Å². The van der Waals surface area contributed by atoms with Gasteiger partial charge in [-0.2, -0.15) is 0 Å². The van der Waals surface area contributed by atoms with Gasteiger partial charge in [0.25, 0.3) is 0 Å². The summed E-state index contributed by atoms with van der Waals surface area (Å²) in [5.41, 5.74) is -1.59. The van der Waals surface area contributed by atoms with E-state index < -0.39 is 60.8 Å². The van der Waals surface area contributed by atoms with Gasteiger partial charge >= 0.3 is 23.9 Å². The molecule has 0 aromatic heterocycles. The molecule has 0 bridgehead atoms. The SMILES string of the molecule is CC(C)CCCCCCCCCCOC(=O)CC(C(=O)OC1CC(C)(C)N(C)C(C)(C)C1)C(CC(=O)OC1CC(C)(C)N(C)C(C)(C)C1)C(=O)OC1CC(C)(C)N(C)C(C)(C)C1. The molecule has 0 saturated carbocycles. The molecular formula is C51H93N3O8. The summed E-state index contributed by atoms with van der Waals surface area (Å²) in [5.74, 6) is -4.41. The molecule has 0 radical (unpaired) electrons. The van der Waals surface area contributed by atoms with Gasteiger partial charge in [0.1, 0.15) is 18.3 Å². The Kier molecular flexibility index (Phi) is 19.0. The van der Waals surface area contributed by atoms with Crippen LogP contribution in [-0.2, 0) is 38.1 Å². The Morgan fingerprint density at radius 1 is 0.452 bits per heavy atom. The molecule has 0 aromatic carbocycles. The number of hydrogen-bond donors (Lipinski definition) is 0. The Morgan fingerprint density at radius 3 is 1.08 bits per heavy atom. The fourth-order valence-corrected chi connectivity index (χ4v) is 10.9. The summed E-state index contributed by atoms with van der Waals surface area (Å²) in [6.45, 7) is 30.4. The lowest BCUT2D eigenvalue weighted by Crippen LogP contribution is -2.61. The quantitative estimate of drug-likeness (QED) is 0.0624. The van der Waals surface area contributed by atoms with E-state index in [-0.39, 0.29) is 45.9 Å². The van der Waals surface area contributed by atoms with Crippen LogP contribution in [0, 0.1) is 17.8 Å². The predicted octanol–water partition coefficient (Wildman–Crippen LogP) is 10.3. The second-order valence-corrected chi connectivity index (χ2v) is 23.9. The zero-order valence-corrected chi connectivity index (χ0v) is 42.8. The third kappa shape index (κ3) is 15.4. The molecule has 3 aliphatic rings. The molecule has 3 fully saturated rings. The van der Waals surface area contributed by atoms with Crippen molar-refractivity contribution in [3.63, 3.8) is 0 Å². The number of esters is 4. The highest BCUT2D eigenvalue weighted by Crippen LogP contribution is 2.42. The van der Waals surface area contributed by atoms with E-state index in [2.05, 4.69) is 133 Å². The van der Waals surface area contributed by atoms with E-state index in [1.54, 1.807) is 0 Å². The van der Waals surface area contributed by atoms with Crippen LogP contribution >= 0.6 is 0 Å². The van der Waals surface area contributed by atoms with Crippen molar-refractivity contribution >= 4 is 23.9 Å². The molecule has 2 atom stereocenters. The van der Waals surface area contributed by atoms with Crippen molar-refractivity contribution in [1.29, 1.82) is 0 Å². The smallest absolute Gasteiger partial charge is 0.310 e. The second kappa shape index (κ2) is 21.8. The summed E-state index contributed by atoms with van der Waals surface area (Å²) in [6, 6.07) is 0. The normalized spacial score (nSPS) is 24.0. The van der Waals surface area contributed by atoms with Gasteiger partial charge in [-0.15, -0.1) is 0 Å². The molecule has 0 amide bonds. The summed E-state index contributed by atoms with van der Waals surface area (Å²) < 4.78 is 24.7. The molecule has 0 aliphatic carbocycles. The van der Waals surface area contributed by atoms with E-state index in [9.17, 15) is 19.2 Å². The van der Waals surface area contributed by atoms with Crippen molar-refractivity contribution in [2.45, 2.75) is 258 Å². The molecule has 62 heavy (non-hydrogen) atoms. The maximum absolute atomic E-state index is 14.7. The highest BCUT2D eigenvalue weighted by Gasteiger charge is 2.50. The van der Waals surface area contributed by atoms with Gasteiger partial charge in [-0.3, -0.25) is 33.9 Å². The fourth-order valence-electron chi connectivity index (χ4n) is 10.9. The minimum absolute atomic E-state index is 0.227. The van der Waals surface area contributed by atoms with Crippen molar-refractivity contribution in [2.24, 2.45) is 17.8 Å². The van der Waals surface area contributed by atoms with Crippen LogP contribution in [0.1, 0.15) is 206 Å². The largest absolute Gasteiger partial charge is 0.466 e. The Labute approximate surface area is 378 Å². The Bertz CT molecular complexity index is 1430. The molecule has 0 N–H and O–H groups in total. The van der Waals surface area contributed by atoms with Gasteiger partial charge < -0.3 is 18.9 Å². The number of carbonyl (C=O) groups excluding carboxylic acids is 4. The molecule has 11 nitrogen and oxygen atoms in total. The van der Waals surface area contributed by atoms with E-state index in [0.29, 0.717) is 38.5 Å². The van der Waals surface area contributed by atoms with Gasteiger partial charge in [0.15, 0.2) is 0 Å². The summed E-state index contributed by atoms with van der Waals surface area (Å²) in [6.07, 6.45) is 11.6. The third-order valence-corrected chi connectivity index (χ3v) is 15.5. The van der Waals surface area contributed by atoms with Crippen molar-refractivity contribution in [2.75, 3.05) is 27.7 Å². The molecule has 11 heteroatoms. The second-order valence-electron chi connectivity index (χ2n) is 23.9. The number of piperidine rings is 3. The van der Waals surface area contributed by atoms with Crippen molar-refractivity contribution in [1.82, 2.24) is 14.7 Å². The van der Waals surface area contributed by atoms with Crippen LogP contribution in [0.2, 0.25) is 0 Å². The highest BCUT2D eigenvalue weighted by atomic mass is 16.6. The predicted molar refractivity (Wildman–Crippen MR) is 249 cm³/mol. The summed E-state index contributed by atoms with van der Waals surface area (Å²) in [5, 5.41) is 0. The molecule has 3 saturated heterocycles. The maximum Gasteiger partial charge on any atom is 0.310 e. The first kappa shape index (κ1) is 54.1. The minimum Gasteiger partial charge on any atom is -0.466 e. The van der Waals surface area contributed by atoms with Gasteiger partial charge in [-0.1, -0.05) is 65.2 Å². The van der Waals surface area contributed by atoms with Crippen molar-refractivity contribution in [3.8, 4) is 0 Å². The number of unbranched alkanes of at least 4 members (excludes halogenated alkanes) is 7.